The highest BCUT2D eigenvalue weighted by Gasteiger charge is 2.06. The predicted molar refractivity (Wildman–Crippen MR) is 62.3 cm³/mol. The van der Waals surface area contributed by atoms with Crippen molar-refractivity contribution in [1.82, 2.24) is 0 Å². The number of hydrogen-bond acceptors (Lipinski definition) is 2. The van der Waals surface area contributed by atoms with E-state index in [1.807, 2.05) is 23.9 Å². The average Bonchev–Trinajstić information content (AvgIpc) is 2.30. The second kappa shape index (κ2) is 4.67. The molecule has 1 heterocycles. The van der Waals surface area contributed by atoms with Crippen molar-refractivity contribution in [1.29, 1.82) is 0 Å². The smallest absolute Gasteiger partial charge is 0.0682 e. The zero-order chi connectivity index (χ0) is 9.80. The van der Waals surface area contributed by atoms with Gasteiger partial charge in [-0.1, -0.05) is 24.3 Å². The van der Waals surface area contributed by atoms with Crippen molar-refractivity contribution in [3.63, 3.8) is 0 Å². The van der Waals surface area contributed by atoms with Crippen LogP contribution in [0.4, 0.5) is 0 Å². The van der Waals surface area contributed by atoms with Crippen LogP contribution >= 0.6 is 11.8 Å². The molecular weight excluding hydrogens is 192 g/mol. The molecule has 14 heavy (non-hydrogen) atoms. The maximum Gasteiger partial charge on any atom is 0.0682 e. The topological polar surface area (TPSA) is 20.2 Å². The van der Waals surface area contributed by atoms with Crippen LogP contribution in [-0.2, 0) is 6.61 Å². The van der Waals surface area contributed by atoms with E-state index in [0.29, 0.717) is 0 Å². The molecule has 2 heteroatoms. The van der Waals surface area contributed by atoms with Crippen LogP contribution in [-0.4, -0.2) is 16.6 Å². The number of thioether (sulfide) groups is 1. The molecule has 0 atom stereocenters. The number of rotatable bonds is 2. The fraction of sp³-hybridized carbons (Fsp3) is 0.333. The monoisotopic (exact) mass is 206 g/mol. The molecule has 1 aliphatic heterocycles. The second-order valence-corrected chi connectivity index (χ2v) is 4.56. The summed E-state index contributed by atoms with van der Waals surface area (Å²) in [7, 11) is 0. The lowest BCUT2D eigenvalue weighted by Gasteiger charge is -2.13. The van der Waals surface area contributed by atoms with Crippen molar-refractivity contribution in [3.8, 4) is 0 Å². The first-order valence-electron chi connectivity index (χ1n) is 4.87. The van der Waals surface area contributed by atoms with E-state index in [0.717, 1.165) is 17.7 Å². The maximum absolute atomic E-state index is 9.04. The summed E-state index contributed by atoms with van der Waals surface area (Å²) < 4.78 is 0. The van der Waals surface area contributed by atoms with Crippen LogP contribution < -0.4 is 0 Å². The normalized spacial score (nSPS) is 16.5. The number of allylic oxidation sites excluding steroid dienone is 1. The summed E-state index contributed by atoms with van der Waals surface area (Å²) >= 11 is 1.98. The van der Waals surface area contributed by atoms with Gasteiger partial charge in [-0.05, 0) is 34.9 Å². The molecule has 0 spiro atoms. The molecule has 0 radical (unpaired) electrons. The van der Waals surface area contributed by atoms with Crippen LogP contribution in [0, 0.1) is 0 Å². The van der Waals surface area contributed by atoms with Gasteiger partial charge in [-0.15, -0.1) is 0 Å². The van der Waals surface area contributed by atoms with Crippen molar-refractivity contribution in [2.75, 3.05) is 11.5 Å². The quantitative estimate of drug-likeness (QED) is 0.803. The molecule has 74 valence electrons. The summed E-state index contributed by atoms with van der Waals surface area (Å²) in [4.78, 5) is 0. The van der Waals surface area contributed by atoms with Gasteiger partial charge in [0.25, 0.3) is 0 Å². The Labute approximate surface area is 88.8 Å². The van der Waals surface area contributed by atoms with E-state index < -0.39 is 0 Å². The van der Waals surface area contributed by atoms with Crippen LogP contribution in [0.25, 0.3) is 5.57 Å². The molecular formula is C12H14OS. The number of benzene rings is 1. The van der Waals surface area contributed by atoms with Gasteiger partial charge in [-0.25, -0.2) is 0 Å². The minimum atomic E-state index is 0.135. The lowest BCUT2D eigenvalue weighted by Crippen LogP contribution is -1.96. The zero-order valence-electron chi connectivity index (χ0n) is 8.07. The third kappa shape index (κ3) is 2.20. The lowest BCUT2D eigenvalue weighted by molar-refractivity contribution is 0.282. The molecule has 0 bridgehead atoms. The van der Waals surface area contributed by atoms with Gasteiger partial charge in [0.15, 0.2) is 0 Å². The Hall–Kier alpha value is -0.730. The first kappa shape index (κ1) is 9.81. The van der Waals surface area contributed by atoms with Crippen molar-refractivity contribution >= 4 is 17.3 Å². The van der Waals surface area contributed by atoms with E-state index in [-0.39, 0.29) is 6.61 Å². The Bertz CT molecular complexity index is 344. The van der Waals surface area contributed by atoms with Crippen molar-refractivity contribution < 1.29 is 5.11 Å². The zero-order valence-corrected chi connectivity index (χ0v) is 8.89. The summed E-state index contributed by atoms with van der Waals surface area (Å²) in [6.45, 7) is 0.135. The fourth-order valence-corrected chi connectivity index (χ4v) is 2.51. The molecule has 0 saturated heterocycles. The summed E-state index contributed by atoms with van der Waals surface area (Å²) in [5, 5.41) is 9.04. The largest absolute Gasteiger partial charge is 0.392 e. The van der Waals surface area contributed by atoms with Gasteiger partial charge >= 0.3 is 0 Å². The maximum atomic E-state index is 9.04. The Balaban J connectivity index is 2.26. The van der Waals surface area contributed by atoms with Gasteiger partial charge in [0, 0.05) is 5.75 Å². The lowest BCUT2D eigenvalue weighted by atomic mass is 10.0. The molecule has 0 aliphatic carbocycles. The Morgan fingerprint density at radius 2 is 2.29 bits per heavy atom. The van der Waals surface area contributed by atoms with E-state index in [9.17, 15) is 0 Å². The van der Waals surface area contributed by atoms with Gasteiger partial charge in [0.1, 0.15) is 0 Å². The molecule has 0 amide bonds. The molecule has 1 aliphatic rings. The highest BCUT2D eigenvalue weighted by atomic mass is 32.2. The van der Waals surface area contributed by atoms with Gasteiger partial charge < -0.3 is 5.11 Å². The summed E-state index contributed by atoms with van der Waals surface area (Å²) in [5.74, 6) is 2.34. The number of aliphatic hydroxyl groups excluding tert-OH is 1. The summed E-state index contributed by atoms with van der Waals surface area (Å²) in [6, 6.07) is 8.19. The number of hydrogen-bond donors (Lipinski definition) is 1. The highest BCUT2D eigenvalue weighted by Crippen LogP contribution is 2.26. The van der Waals surface area contributed by atoms with Crippen LogP contribution in [0.15, 0.2) is 30.3 Å². The van der Waals surface area contributed by atoms with Gasteiger partial charge in [0.05, 0.1) is 6.61 Å². The van der Waals surface area contributed by atoms with E-state index in [1.54, 1.807) is 0 Å². The van der Waals surface area contributed by atoms with Crippen molar-refractivity contribution in [3.05, 3.63) is 41.5 Å². The molecule has 0 unspecified atom stereocenters. The highest BCUT2D eigenvalue weighted by molar-refractivity contribution is 7.99. The van der Waals surface area contributed by atoms with Crippen molar-refractivity contribution in [2.45, 2.75) is 13.0 Å². The van der Waals surface area contributed by atoms with E-state index in [2.05, 4.69) is 18.2 Å². The first-order chi connectivity index (χ1) is 6.90. The Kier molecular flexibility index (Phi) is 3.27. The molecule has 1 aromatic rings. The second-order valence-electron chi connectivity index (χ2n) is 3.41. The summed E-state index contributed by atoms with van der Waals surface area (Å²) in [5.41, 5.74) is 3.71. The molecule has 0 fully saturated rings. The average molecular weight is 206 g/mol. The van der Waals surface area contributed by atoms with Gasteiger partial charge in [0.2, 0.25) is 0 Å². The molecule has 1 N–H and O–H groups in total. The minimum absolute atomic E-state index is 0.135. The summed E-state index contributed by atoms with van der Waals surface area (Å²) in [6.07, 6.45) is 3.45. The van der Waals surface area contributed by atoms with E-state index >= 15 is 0 Å². The molecule has 0 saturated carbocycles. The van der Waals surface area contributed by atoms with E-state index in [4.69, 9.17) is 5.11 Å². The standard InChI is InChI=1S/C12H14OS/c13-9-10-2-1-3-12(8-10)11-4-6-14-7-5-11/h1-4,8,13H,5-7,9H2. The molecule has 0 aromatic heterocycles. The minimum Gasteiger partial charge on any atom is -0.392 e. The Morgan fingerprint density at radius 1 is 1.36 bits per heavy atom. The SMILES string of the molecule is OCc1cccc(C2=CCSCC2)c1. The van der Waals surface area contributed by atoms with Crippen molar-refractivity contribution in [2.24, 2.45) is 0 Å². The van der Waals surface area contributed by atoms with Gasteiger partial charge in [-0.2, -0.15) is 11.8 Å². The van der Waals surface area contributed by atoms with E-state index in [1.165, 1.54) is 16.9 Å². The van der Waals surface area contributed by atoms with Crippen LogP contribution in [0.3, 0.4) is 0 Å². The fourth-order valence-electron chi connectivity index (χ4n) is 1.66. The molecule has 2 rings (SSSR count). The third-order valence-electron chi connectivity index (χ3n) is 2.44. The Morgan fingerprint density at radius 3 is 3.00 bits per heavy atom. The molecule has 1 aromatic carbocycles. The molecule has 1 nitrogen and oxygen atoms in total. The van der Waals surface area contributed by atoms with Crippen LogP contribution in [0.1, 0.15) is 17.5 Å². The van der Waals surface area contributed by atoms with Gasteiger partial charge in [-0.3, -0.25) is 0 Å². The first-order valence-corrected chi connectivity index (χ1v) is 6.02. The predicted octanol–water partition coefficient (Wildman–Crippen LogP) is 2.70. The van der Waals surface area contributed by atoms with Crippen LogP contribution in [0.5, 0.6) is 0 Å². The number of aliphatic hydroxyl groups is 1. The van der Waals surface area contributed by atoms with Crippen LogP contribution in [0.2, 0.25) is 0 Å². The third-order valence-corrected chi connectivity index (χ3v) is 3.34.